The van der Waals surface area contributed by atoms with Crippen LogP contribution in [0.25, 0.3) is 0 Å². The number of fused-ring (bicyclic) bond motifs is 1. The summed E-state index contributed by atoms with van der Waals surface area (Å²) in [6.45, 7) is 4.23. The summed E-state index contributed by atoms with van der Waals surface area (Å²) >= 11 is 1.96. The van der Waals surface area contributed by atoms with Gasteiger partial charge in [-0.1, -0.05) is 0 Å². The van der Waals surface area contributed by atoms with E-state index in [4.69, 9.17) is 5.73 Å². The van der Waals surface area contributed by atoms with Crippen molar-refractivity contribution in [3.05, 3.63) is 21.4 Å². The van der Waals surface area contributed by atoms with Crippen LogP contribution in [0.2, 0.25) is 0 Å². The van der Waals surface area contributed by atoms with E-state index in [1.54, 1.807) is 16.0 Å². The summed E-state index contributed by atoms with van der Waals surface area (Å²) in [5, 5.41) is 2.36. The SMILES string of the molecule is CC(C)(N)CCc1csc2c1CCCC2. The molecule has 2 heteroatoms. The molecule has 0 aromatic carbocycles. The van der Waals surface area contributed by atoms with E-state index in [1.165, 1.54) is 25.7 Å². The van der Waals surface area contributed by atoms with Gasteiger partial charge in [0.25, 0.3) is 0 Å². The maximum atomic E-state index is 6.03. The zero-order valence-corrected chi connectivity index (χ0v) is 10.6. The largest absolute Gasteiger partial charge is 0.326 e. The number of aryl methyl sites for hydroxylation is 2. The van der Waals surface area contributed by atoms with Gasteiger partial charge in [-0.15, -0.1) is 11.3 Å². The predicted octanol–water partition coefficient (Wildman–Crippen LogP) is 3.30. The van der Waals surface area contributed by atoms with Crippen molar-refractivity contribution in [1.82, 2.24) is 0 Å². The van der Waals surface area contributed by atoms with Gasteiger partial charge < -0.3 is 5.73 Å². The molecule has 0 unspecified atom stereocenters. The summed E-state index contributed by atoms with van der Waals surface area (Å²) in [5.74, 6) is 0. The van der Waals surface area contributed by atoms with Crippen LogP contribution in [0, 0.1) is 0 Å². The van der Waals surface area contributed by atoms with Crippen LogP contribution in [0.15, 0.2) is 5.38 Å². The van der Waals surface area contributed by atoms with Gasteiger partial charge >= 0.3 is 0 Å². The molecule has 0 saturated heterocycles. The highest BCUT2D eigenvalue weighted by Gasteiger charge is 2.17. The Bertz CT molecular complexity index is 333. The molecule has 2 N–H and O–H groups in total. The average molecular weight is 223 g/mol. The molecule has 0 aliphatic heterocycles. The first kappa shape index (κ1) is 11.2. The van der Waals surface area contributed by atoms with Crippen molar-refractivity contribution < 1.29 is 0 Å². The molecular formula is C13H21NS. The van der Waals surface area contributed by atoms with Crippen LogP contribution >= 0.6 is 11.3 Å². The van der Waals surface area contributed by atoms with E-state index in [2.05, 4.69) is 19.2 Å². The monoisotopic (exact) mass is 223 g/mol. The lowest BCUT2D eigenvalue weighted by molar-refractivity contribution is 0.476. The Morgan fingerprint density at radius 2 is 2.07 bits per heavy atom. The van der Waals surface area contributed by atoms with Gasteiger partial charge in [0.1, 0.15) is 0 Å². The van der Waals surface area contributed by atoms with Crippen LogP contribution < -0.4 is 5.73 Å². The first-order valence-electron chi connectivity index (χ1n) is 5.93. The van der Waals surface area contributed by atoms with Crippen molar-refractivity contribution >= 4 is 11.3 Å². The fourth-order valence-corrected chi connectivity index (χ4v) is 3.41. The van der Waals surface area contributed by atoms with Crippen molar-refractivity contribution in [2.75, 3.05) is 0 Å². The Morgan fingerprint density at radius 3 is 2.80 bits per heavy atom. The number of hydrogen-bond donors (Lipinski definition) is 1. The van der Waals surface area contributed by atoms with E-state index in [9.17, 15) is 0 Å². The molecular weight excluding hydrogens is 202 g/mol. The maximum absolute atomic E-state index is 6.03. The van der Waals surface area contributed by atoms with Gasteiger partial charge in [-0.2, -0.15) is 0 Å². The summed E-state index contributed by atoms with van der Waals surface area (Å²) in [5.41, 5.74) is 9.25. The Labute approximate surface area is 96.7 Å². The van der Waals surface area contributed by atoms with Crippen molar-refractivity contribution in [1.29, 1.82) is 0 Å². The van der Waals surface area contributed by atoms with Crippen molar-refractivity contribution in [2.24, 2.45) is 5.73 Å². The highest BCUT2D eigenvalue weighted by molar-refractivity contribution is 7.10. The van der Waals surface area contributed by atoms with E-state index in [-0.39, 0.29) is 5.54 Å². The number of thiophene rings is 1. The van der Waals surface area contributed by atoms with E-state index >= 15 is 0 Å². The van der Waals surface area contributed by atoms with Gasteiger partial charge in [-0.05, 0) is 68.9 Å². The fraction of sp³-hybridized carbons (Fsp3) is 0.692. The summed E-state index contributed by atoms with van der Waals surface area (Å²) in [4.78, 5) is 1.64. The Kier molecular flexibility index (Phi) is 3.17. The maximum Gasteiger partial charge on any atom is 0.0100 e. The van der Waals surface area contributed by atoms with E-state index in [1.807, 2.05) is 11.3 Å². The number of hydrogen-bond acceptors (Lipinski definition) is 2. The average Bonchev–Trinajstić information content (AvgIpc) is 2.57. The lowest BCUT2D eigenvalue weighted by atomic mass is 9.91. The second kappa shape index (κ2) is 4.26. The third-order valence-corrected chi connectivity index (χ3v) is 4.32. The molecule has 15 heavy (non-hydrogen) atoms. The summed E-state index contributed by atoms with van der Waals surface area (Å²) in [6, 6.07) is 0. The highest BCUT2D eigenvalue weighted by Crippen LogP contribution is 2.31. The molecule has 0 bridgehead atoms. The Balaban J connectivity index is 2.06. The van der Waals surface area contributed by atoms with Gasteiger partial charge in [0.15, 0.2) is 0 Å². The van der Waals surface area contributed by atoms with Gasteiger partial charge in [0.2, 0.25) is 0 Å². The van der Waals surface area contributed by atoms with Crippen LogP contribution in [0.3, 0.4) is 0 Å². The summed E-state index contributed by atoms with van der Waals surface area (Å²) in [7, 11) is 0. The first-order valence-corrected chi connectivity index (χ1v) is 6.81. The summed E-state index contributed by atoms with van der Waals surface area (Å²) < 4.78 is 0. The predicted molar refractivity (Wildman–Crippen MR) is 67.5 cm³/mol. The first-order chi connectivity index (χ1) is 7.06. The number of nitrogens with two attached hydrogens (primary N) is 1. The van der Waals surface area contributed by atoms with E-state index < -0.39 is 0 Å². The smallest absolute Gasteiger partial charge is 0.0100 e. The van der Waals surface area contributed by atoms with Crippen LogP contribution in [-0.2, 0) is 19.3 Å². The molecule has 1 aromatic heterocycles. The molecule has 0 spiro atoms. The molecule has 1 nitrogen and oxygen atoms in total. The Morgan fingerprint density at radius 1 is 1.33 bits per heavy atom. The zero-order chi connectivity index (χ0) is 10.9. The molecule has 1 aliphatic carbocycles. The fourth-order valence-electron chi connectivity index (χ4n) is 2.23. The van der Waals surface area contributed by atoms with E-state index in [0.717, 1.165) is 12.8 Å². The molecule has 0 amide bonds. The zero-order valence-electron chi connectivity index (χ0n) is 9.81. The van der Waals surface area contributed by atoms with Gasteiger partial charge in [-0.25, -0.2) is 0 Å². The molecule has 2 rings (SSSR count). The molecule has 0 fully saturated rings. The molecule has 1 aromatic rings. The molecule has 84 valence electrons. The third kappa shape index (κ3) is 2.82. The second-order valence-corrected chi connectivity index (χ2v) is 6.32. The van der Waals surface area contributed by atoms with Crippen LogP contribution in [-0.4, -0.2) is 5.54 Å². The van der Waals surface area contributed by atoms with Crippen LogP contribution in [0.5, 0.6) is 0 Å². The molecule has 1 aliphatic rings. The minimum absolute atomic E-state index is 0.0243. The van der Waals surface area contributed by atoms with Crippen LogP contribution in [0.4, 0.5) is 0 Å². The van der Waals surface area contributed by atoms with E-state index in [0.29, 0.717) is 0 Å². The lowest BCUT2D eigenvalue weighted by Gasteiger charge is -2.19. The standard InChI is InChI=1S/C13H21NS/c1-13(2,14)8-7-10-9-15-12-6-4-3-5-11(10)12/h9H,3-8,14H2,1-2H3. The Hall–Kier alpha value is -0.340. The quantitative estimate of drug-likeness (QED) is 0.836. The van der Waals surface area contributed by atoms with Crippen LogP contribution in [0.1, 0.15) is 49.1 Å². The minimum atomic E-state index is -0.0243. The molecule has 0 atom stereocenters. The van der Waals surface area contributed by atoms with Crippen molar-refractivity contribution in [3.63, 3.8) is 0 Å². The summed E-state index contributed by atoms with van der Waals surface area (Å²) in [6.07, 6.45) is 7.63. The molecule has 1 heterocycles. The molecule has 0 saturated carbocycles. The highest BCUT2D eigenvalue weighted by atomic mass is 32.1. The number of rotatable bonds is 3. The molecule has 0 radical (unpaired) electrons. The normalized spacial score (nSPS) is 16.5. The van der Waals surface area contributed by atoms with Crippen molar-refractivity contribution in [2.45, 2.75) is 57.9 Å². The lowest BCUT2D eigenvalue weighted by Crippen LogP contribution is -2.32. The minimum Gasteiger partial charge on any atom is -0.326 e. The van der Waals surface area contributed by atoms with Gasteiger partial charge in [0, 0.05) is 10.4 Å². The van der Waals surface area contributed by atoms with Crippen molar-refractivity contribution in [3.8, 4) is 0 Å². The second-order valence-electron chi connectivity index (χ2n) is 5.36. The van der Waals surface area contributed by atoms with Gasteiger partial charge in [-0.3, -0.25) is 0 Å². The van der Waals surface area contributed by atoms with Gasteiger partial charge in [0.05, 0.1) is 0 Å². The third-order valence-electron chi connectivity index (χ3n) is 3.19. The topological polar surface area (TPSA) is 26.0 Å².